The fourth-order valence-electron chi connectivity index (χ4n) is 1.27. The first-order valence-electron chi connectivity index (χ1n) is 5.22. The molecule has 1 rings (SSSR count). The van der Waals surface area contributed by atoms with Gasteiger partial charge in [-0.2, -0.15) is 0 Å². The molecular formula is C13H17NO3. The molecule has 4 nitrogen and oxygen atoms in total. The number of carbonyl (C=O) groups excluding carboxylic acids is 1. The van der Waals surface area contributed by atoms with Gasteiger partial charge in [-0.15, -0.1) is 0 Å². The summed E-state index contributed by atoms with van der Waals surface area (Å²) in [5, 5.41) is 2.75. The van der Waals surface area contributed by atoms with Gasteiger partial charge in [0.05, 0.1) is 14.2 Å². The van der Waals surface area contributed by atoms with E-state index in [1.54, 1.807) is 32.4 Å². The lowest BCUT2D eigenvalue weighted by molar-refractivity contribution is 0.0956. The predicted molar refractivity (Wildman–Crippen MR) is 66.7 cm³/mol. The maximum Gasteiger partial charge on any atom is 0.251 e. The third-order valence-electron chi connectivity index (χ3n) is 2.16. The molecule has 0 unspecified atom stereocenters. The molecule has 0 radical (unpaired) electrons. The molecule has 1 aromatic carbocycles. The fraction of sp³-hybridized carbons (Fsp3) is 0.308. The molecule has 0 saturated heterocycles. The molecular weight excluding hydrogens is 218 g/mol. The lowest BCUT2D eigenvalue weighted by Crippen LogP contribution is -2.24. The van der Waals surface area contributed by atoms with Crippen LogP contribution in [0, 0.1) is 0 Å². The largest absolute Gasteiger partial charge is 0.497 e. The summed E-state index contributed by atoms with van der Waals surface area (Å²) in [6.07, 6.45) is 0. The van der Waals surface area contributed by atoms with Crippen molar-refractivity contribution in [1.82, 2.24) is 5.32 Å². The first kappa shape index (κ1) is 13.1. The SMILES string of the molecule is C=C(C)CNC(=O)c1cc(OC)cc(OC)c1. The molecule has 1 amide bonds. The van der Waals surface area contributed by atoms with Gasteiger partial charge in [-0.25, -0.2) is 0 Å². The molecule has 0 atom stereocenters. The Morgan fingerprint density at radius 1 is 1.24 bits per heavy atom. The zero-order chi connectivity index (χ0) is 12.8. The predicted octanol–water partition coefficient (Wildman–Crippen LogP) is 2.01. The van der Waals surface area contributed by atoms with E-state index < -0.39 is 0 Å². The van der Waals surface area contributed by atoms with Crippen LogP contribution in [0.25, 0.3) is 0 Å². The number of carbonyl (C=O) groups is 1. The van der Waals surface area contributed by atoms with E-state index in [1.165, 1.54) is 0 Å². The lowest BCUT2D eigenvalue weighted by Gasteiger charge is -2.09. The van der Waals surface area contributed by atoms with E-state index in [0.717, 1.165) is 5.57 Å². The van der Waals surface area contributed by atoms with Gasteiger partial charge in [-0.05, 0) is 19.1 Å². The van der Waals surface area contributed by atoms with Gasteiger partial charge in [-0.1, -0.05) is 12.2 Å². The third-order valence-corrected chi connectivity index (χ3v) is 2.16. The minimum Gasteiger partial charge on any atom is -0.497 e. The fourth-order valence-corrected chi connectivity index (χ4v) is 1.27. The van der Waals surface area contributed by atoms with E-state index in [9.17, 15) is 4.79 Å². The Hall–Kier alpha value is -1.97. The van der Waals surface area contributed by atoms with E-state index in [0.29, 0.717) is 23.6 Å². The monoisotopic (exact) mass is 235 g/mol. The van der Waals surface area contributed by atoms with E-state index >= 15 is 0 Å². The Bertz CT molecular complexity index is 404. The highest BCUT2D eigenvalue weighted by Gasteiger charge is 2.09. The number of amides is 1. The second-order valence-electron chi connectivity index (χ2n) is 3.74. The van der Waals surface area contributed by atoms with Crippen LogP contribution in [0.2, 0.25) is 0 Å². The van der Waals surface area contributed by atoms with Crippen LogP contribution < -0.4 is 14.8 Å². The third kappa shape index (κ3) is 3.83. The zero-order valence-corrected chi connectivity index (χ0v) is 10.4. The Morgan fingerprint density at radius 2 is 1.76 bits per heavy atom. The lowest BCUT2D eigenvalue weighted by atomic mass is 10.2. The molecule has 0 aliphatic rings. The Kier molecular flexibility index (Phi) is 4.57. The molecule has 0 saturated carbocycles. The molecule has 92 valence electrons. The number of nitrogens with one attached hydrogen (secondary N) is 1. The molecule has 4 heteroatoms. The Labute approximate surface area is 101 Å². The number of methoxy groups -OCH3 is 2. The van der Waals surface area contributed by atoms with E-state index in [2.05, 4.69) is 11.9 Å². The van der Waals surface area contributed by atoms with Crippen molar-refractivity contribution in [3.8, 4) is 11.5 Å². The van der Waals surface area contributed by atoms with Gasteiger partial charge >= 0.3 is 0 Å². The van der Waals surface area contributed by atoms with Crippen molar-refractivity contribution >= 4 is 5.91 Å². The van der Waals surface area contributed by atoms with Crippen LogP contribution in [0.1, 0.15) is 17.3 Å². The second-order valence-corrected chi connectivity index (χ2v) is 3.74. The molecule has 0 heterocycles. The minimum absolute atomic E-state index is 0.176. The van der Waals surface area contributed by atoms with Gasteiger partial charge in [0.25, 0.3) is 5.91 Å². The highest BCUT2D eigenvalue weighted by molar-refractivity contribution is 5.95. The van der Waals surface area contributed by atoms with Crippen LogP contribution in [0.15, 0.2) is 30.4 Å². The number of ether oxygens (including phenoxy) is 2. The van der Waals surface area contributed by atoms with Gasteiger partial charge in [0, 0.05) is 18.2 Å². The second kappa shape index (κ2) is 5.94. The van der Waals surface area contributed by atoms with Gasteiger partial charge in [-0.3, -0.25) is 4.79 Å². The summed E-state index contributed by atoms with van der Waals surface area (Å²) in [7, 11) is 3.09. The number of rotatable bonds is 5. The number of benzene rings is 1. The average molecular weight is 235 g/mol. The van der Waals surface area contributed by atoms with Crippen molar-refractivity contribution in [1.29, 1.82) is 0 Å². The molecule has 1 aromatic rings. The standard InChI is InChI=1S/C13H17NO3/c1-9(2)8-14-13(15)10-5-11(16-3)7-12(6-10)17-4/h5-7H,1,8H2,2-4H3,(H,14,15). The summed E-state index contributed by atoms with van der Waals surface area (Å²) in [6, 6.07) is 5.04. The summed E-state index contributed by atoms with van der Waals surface area (Å²) in [5.74, 6) is 1.000. The molecule has 17 heavy (non-hydrogen) atoms. The van der Waals surface area contributed by atoms with Gasteiger partial charge < -0.3 is 14.8 Å². The van der Waals surface area contributed by atoms with Gasteiger partial charge in [0.15, 0.2) is 0 Å². The van der Waals surface area contributed by atoms with Crippen LogP contribution in [0.5, 0.6) is 11.5 Å². The van der Waals surface area contributed by atoms with Crippen LogP contribution in [0.4, 0.5) is 0 Å². The van der Waals surface area contributed by atoms with Crippen molar-refractivity contribution in [2.24, 2.45) is 0 Å². The first-order chi connectivity index (χ1) is 8.06. The molecule has 0 aliphatic heterocycles. The molecule has 0 spiro atoms. The van der Waals surface area contributed by atoms with E-state index in [1.807, 2.05) is 6.92 Å². The van der Waals surface area contributed by atoms with Crippen molar-refractivity contribution in [3.63, 3.8) is 0 Å². The summed E-state index contributed by atoms with van der Waals surface area (Å²) in [4.78, 5) is 11.8. The number of hydrogen-bond acceptors (Lipinski definition) is 3. The topological polar surface area (TPSA) is 47.6 Å². The summed E-state index contributed by atoms with van der Waals surface area (Å²) >= 11 is 0. The first-order valence-corrected chi connectivity index (χ1v) is 5.22. The summed E-state index contributed by atoms with van der Waals surface area (Å²) in [6.45, 7) is 6.03. The molecule has 0 aromatic heterocycles. The normalized spacial score (nSPS) is 9.59. The highest BCUT2D eigenvalue weighted by atomic mass is 16.5. The van der Waals surface area contributed by atoms with Crippen molar-refractivity contribution < 1.29 is 14.3 Å². The molecule has 0 bridgehead atoms. The minimum atomic E-state index is -0.176. The van der Waals surface area contributed by atoms with Gasteiger partial charge in [0.1, 0.15) is 11.5 Å². The van der Waals surface area contributed by atoms with Crippen molar-refractivity contribution in [2.75, 3.05) is 20.8 Å². The maximum absolute atomic E-state index is 11.8. The van der Waals surface area contributed by atoms with Crippen molar-refractivity contribution in [2.45, 2.75) is 6.92 Å². The van der Waals surface area contributed by atoms with E-state index in [-0.39, 0.29) is 5.91 Å². The quantitative estimate of drug-likeness (QED) is 0.794. The number of hydrogen-bond donors (Lipinski definition) is 1. The Balaban J connectivity index is 2.88. The molecule has 0 fully saturated rings. The van der Waals surface area contributed by atoms with Crippen LogP contribution >= 0.6 is 0 Å². The van der Waals surface area contributed by atoms with E-state index in [4.69, 9.17) is 9.47 Å². The molecule has 0 aliphatic carbocycles. The van der Waals surface area contributed by atoms with Gasteiger partial charge in [0.2, 0.25) is 0 Å². The van der Waals surface area contributed by atoms with Crippen LogP contribution in [-0.2, 0) is 0 Å². The van der Waals surface area contributed by atoms with Crippen LogP contribution in [0.3, 0.4) is 0 Å². The highest BCUT2D eigenvalue weighted by Crippen LogP contribution is 2.22. The zero-order valence-electron chi connectivity index (χ0n) is 10.4. The summed E-state index contributed by atoms with van der Waals surface area (Å²) < 4.78 is 10.2. The van der Waals surface area contributed by atoms with Crippen molar-refractivity contribution in [3.05, 3.63) is 35.9 Å². The maximum atomic E-state index is 11.8. The van der Waals surface area contributed by atoms with Crippen LogP contribution in [-0.4, -0.2) is 26.7 Å². The smallest absolute Gasteiger partial charge is 0.251 e. The summed E-state index contributed by atoms with van der Waals surface area (Å²) in [5.41, 5.74) is 1.40. The molecule has 1 N–H and O–H groups in total. The average Bonchev–Trinajstić information content (AvgIpc) is 2.34. The Morgan fingerprint density at radius 3 is 2.18 bits per heavy atom.